The van der Waals surface area contributed by atoms with Crippen molar-refractivity contribution < 1.29 is 14.2 Å². The Morgan fingerprint density at radius 1 is 1.38 bits per heavy atom. The molecule has 2 saturated heterocycles. The van der Waals surface area contributed by atoms with E-state index in [4.69, 9.17) is 14.2 Å². The van der Waals surface area contributed by atoms with E-state index in [0.29, 0.717) is 12.7 Å². The zero-order valence-corrected chi connectivity index (χ0v) is 7.83. The molecule has 0 bridgehead atoms. The van der Waals surface area contributed by atoms with Gasteiger partial charge in [-0.1, -0.05) is 0 Å². The van der Waals surface area contributed by atoms with Gasteiger partial charge in [0.1, 0.15) is 0 Å². The van der Waals surface area contributed by atoms with Crippen LogP contribution in [-0.2, 0) is 14.2 Å². The predicted molar refractivity (Wildman–Crippen MR) is 47.8 cm³/mol. The maximum Gasteiger partial charge on any atom is 0.0933 e. The van der Waals surface area contributed by atoms with Gasteiger partial charge in [-0.2, -0.15) is 0 Å². The predicted octanol–water partition coefficient (Wildman–Crippen LogP) is -0.220. The minimum absolute atomic E-state index is 0.231. The SMILES string of the molecule is C1COC(COC2CCOC2)CN1. The van der Waals surface area contributed by atoms with Crippen LogP contribution in [0.5, 0.6) is 0 Å². The van der Waals surface area contributed by atoms with Gasteiger partial charge in [0.2, 0.25) is 0 Å². The molecule has 2 atom stereocenters. The standard InChI is InChI=1S/C9H17NO3/c1-3-11-6-8(1)13-7-9-5-10-2-4-12-9/h8-10H,1-7H2. The lowest BCUT2D eigenvalue weighted by atomic mass is 10.3. The van der Waals surface area contributed by atoms with E-state index in [1.165, 1.54) is 0 Å². The van der Waals surface area contributed by atoms with E-state index in [1.54, 1.807) is 0 Å². The van der Waals surface area contributed by atoms with Gasteiger partial charge in [0, 0.05) is 19.7 Å². The van der Waals surface area contributed by atoms with Gasteiger partial charge >= 0.3 is 0 Å². The first-order valence-electron chi connectivity index (χ1n) is 4.97. The third-order valence-corrected chi connectivity index (χ3v) is 2.41. The maximum absolute atomic E-state index is 5.65. The summed E-state index contributed by atoms with van der Waals surface area (Å²) in [7, 11) is 0. The van der Waals surface area contributed by atoms with Gasteiger partial charge in [-0.25, -0.2) is 0 Å². The zero-order valence-electron chi connectivity index (χ0n) is 7.83. The van der Waals surface area contributed by atoms with E-state index in [2.05, 4.69) is 5.32 Å². The number of rotatable bonds is 3. The van der Waals surface area contributed by atoms with E-state index >= 15 is 0 Å². The molecule has 0 amide bonds. The minimum atomic E-state index is 0.231. The summed E-state index contributed by atoms with van der Waals surface area (Å²) in [4.78, 5) is 0. The summed E-state index contributed by atoms with van der Waals surface area (Å²) in [6, 6.07) is 0. The van der Waals surface area contributed by atoms with Crippen molar-refractivity contribution in [1.82, 2.24) is 5.32 Å². The molecule has 1 N–H and O–H groups in total. The highest BCUT2D eigenvalue weighted by atomic mass is 16.6. The van der Waals surface area contributed by atoms with Crippen LogP contribution in [0.2, 0.25) is 0 Å². The smallest absolute Gasteiger partial charge is 0.0933 e. The highest BCUT2D eigenvalue weighted by Gasteiger charge is 2.19. The molecule has 2 unspecified atom stereocenters. The summed E-state index contributed by atoms with van der Waals surface area (Å²) < 4.78 is 16.4. The molecule has 0 aromatic carbocycles. The van der Waals surface area contributed by atoms with Gasteiger partial charge in [-0.3, -0.25) is 0 Å². The second kappa shape index (κ2) is 4.91. The minimum Gasteiger partial charge on any atom is -0.379 e. The van der Waals surface area contributed by atoms with Crippen molar-refractivity contribution in [2.45, 2.75) is 18.6 Å². The average Bonchev–Trinajstić information content (AvgIpc) is 2.69. The molecule has 0 aromatic rings. The Hall–Kier alpha value is -0.160. The summed E-state index contributed by atoms with van der Waals surface area (Å²) in [6.07, 6.45) is 1.56. The molecule has 0 aromatic heterocycles. The van der Waals surface area contributed by atoms with Gasteiger partial charge in [0.05, 0.1) is 32.0 Å². The Morgan fingerprint density at radius 3 is 3.08 bits per heavy atom. The van der Waals surface area contributed by atoms with Crippen LogP contribution >= 0.6 is 0 Å². The fourth-order valence-electron chi connectivity index (χ4n) is 1.61. The first-order valence-corrected chi connectivity index (χ1v) is 4.97. The molecule has 2 aliphatic heterocycles. The van der Waals surface area contributed by atoms with Crippen LogP contribution in [0.15, 0.2) is 0 Å². The van der Waals surface area contributed by atoms with E-state index < -0.39 is 0 Å². The van der Waals surface area contributed by atoms with Crippen LogP contribution in [0.4, 0.5) is 0 Å². The molecule has 0 aliphatic carbocycles. The largest absolute Gasteiger partial charge is 0.379 e. The lowest BCUT2D eigenvalue weighted by Gasteiger charge is -2.24. The molecule has 2 fully saturated rings. The van der Waals surface area contributed by atoms with E-state index in [9.17, 15) is 0 Å². The summed E-state index contributed by atoms with van der Waals surface area (Å²) >= 11 is 0. The molecule has 2 heterocycles. The Kier molecular flexibility index (Phi) is 3.55. The quantitative estimate of drug-likeness (QED) is 0.663. The van der Waals surface area contributed by atoms with Crippen LogP contribution < -0.4 is 5.32 Å². The fourth-order valence-corrected chi connectivity index (χ4v) is 1.61. The van der Waals surface area contributed by atoms with Gasteiger partial charge in [-0.15, -0.1) is 0 Å². The number of morpholine rings is 1. The third-order valence-electron chi connectivity index (χ3n) is 2.41. The molecule has 2 rings (SSSR count). The van der Waals surface area contributed by atoms with Gasteiger partial charge in [-0.05, 0) is 6.42 Å². The monoisotopic (exact) mass is 187 g/mol. The van der Waals surface area contributed by atoms with Crippen molar-refractivity contribution >= 4 is 0 Å². The Balaban J connectivity index is 1.60. The van der Waals surface area contributed by atoms with E-state index in [1.807, 2.05) is 0 Å². The first kappa shape index (κ1) is 9.40. The lowest BCUT2D eigenvalue weighted by Crippen LogP contribution is -2.41. The number of hydrogen-bond acceptors (Lipinski definition) is 4. The highest BCUT2D eigenvalue weighted by molar-refractivity contribution is 4.69. The second-order valence-electron chi connectivity index (χ2n) is 3.52. The van der Waals surface area contributed by atoms with E-state index in [-0.39, 0.29) is 6.10 Å². The van der Waals surface area contributed by atoms with Crippen LogP contribution in [0.3, 0.4) is 0 Å². The molecule has 2 aliphatic rings. The molecule has 0 spiro atoms. The summed E-state index contributed by atoms with van der Waals surface area (Å²) in [5.74, 6) is 0. The lowest BCUT2D eigenvalue weighted by molar-refractivity contribution is -0.0558. The number of ether oxygens (including phenoxy) is 3. The van der Waals surface area contributed by atoms with Crippen molar-refractivity contribution in [1.29, 1.82) is 0 Å². The van der Waals surface area contributed by atoms with Gasteiger partial charge in [0.15, 0.2) is 0 Å². The molecular weight excluding hydrogens is 170 g/mol. The first-order chi connectivity index (χ1) is 6.45. The molecule has 4 nitrogen and oxygen atoms in total. The van der Waals surface area contributed by atoms with Gasteiger partial charge < -0.3 is 19.5 Å². The fraction of sp³-hybridized carbons (Fsp3) is 1.00. The molecule has 4 heteroatoms. The van der Waals surface area contributed by atoms with Crippen molar-refractivity contribution in [3.8, 4) is 0 Å². The molecule has 0 saturated carbocycles. The number of nitrogens with one attached hydrogen (secondary N) is 1. The van der Waals surface area contributed by atoms with Crippen molar-refractivity contribution in [3.05, 3.63) is 0 Å². The maximum atomic E-state index is 5.65. The summed E-state index contributed by atoms with van der Waals surface area (Å²) in [6.45, 7) is 4.96. The molecular formula is C9H17NO3. The van der Waals surface area contributed by atoms with Crippen LogP contribution in [0.25, 0.3) is 0 Å². The van der Waals surface area contributed by atoms with E-state index in [0.717, 1.165) is 39.3 Å². The normalized spacial score (nSPS) is 35.1. The topological polar surface area (TPSA) is 39.7 Å². The second-order valence-corrected chi connectivity index (χ2v) is 3.52. The summed E-state index contributed by atoms with van der Waals surface area (Å²) in [5.41, 5.74) is 0. The molecule has 76 valence electrons. The van der Waals surface area contributed by atoms with Crippen LogP contribution in [0, 0.1) is 0 Å². The highest BCUT2D eigenvalue weighted by Crippen LogP contribution is 2.09. The molecule has 0 radical (unpaired) electrons. The van der Waals surface area contributed by atoms with Crippen molar-refractivity contribution in [3.63, 3.8) is 0 Å². The zero-order chi connectivity index (χ0) is 8.93. The van der Waals surface area contributed by atoms with Crippen LogP contribution in [0.1, 0.15) is 6.42 Å². The Bertz CT molecular complexity index is 142. The molecule has 13 heavy (non-hydrogen) atoms. The summed E-state index contributed by atoms with van der Waals surface area (Å²) in [5, 5.41) is 3.27. The third kappa shape index (κ3) is 2.91. The van der Waals surface area contributed by atoms with Gasteiger partial charge in [0.25, 0.3) is 0 Å². The number of hydrogen-bond donors (Lipinski definition) is 1. The Labute approximate surface area is 78.5 Å². The average molecular weight is 187 g/mol. The van der Waals surface area contributed by atoms with Crippen molar-refractivity contribution in [2.75, 3.05) is 39.5 Å². The Morgan fingerprint density at radius 2 is 2.38 bits per heavy atom. The van der Waals surface area contributed by atoms with Crippen LogP contribution in [-0.4, -0.2) is 51.7 Å². The van der Waals surface area contributed by atoms with Crippen molar-refractivity contribution in [2.24, 2.45) is 0 Å².